The maximum Gasteiger partial charge on any atom is 0.270 e. The van der Waals surface area contributed by atoms with E-state index in [2.05, 4.69) is 21.2 Å². The molecular weight excluding hydrogens is 316 g/mol. The molecule has 7 heteroatoms. The van der Waals surface area contributed by atoms with E-state index in [4.69, 9.17) is 0 Å². The van der Waals surface area contributed by atoms with Gasteiger partial charge in [0.25, 0.3) is 11.6 Å². The van der Waals surface area contributed by atoms with Gasteiger partial charge in [0.2, 0.25) is 0 Å². The van der Waals surface area contributed by atoms with Crippen LogP contribution in [0, 0.1) is 10.1 Å². The van der Waals surface area contributed by atoms with Crippen LogP contribution in [0.15, 0.2) is 22.7 Å². The second kappa shape index (κ2) is 5.26. The molecule has 6 nitrogen and oxygen atoms in total. The number of nitro groups is 1. The third-order valence-electron chi connectivity index (χ3n) is 3.27. The van der Waals surface area contributed by atoms with Crippen molar-refractivity contribution in [1.82, 2.24) is 5.32 Å². The molecule has 1 aliphatic rings. The summed E-state index contributed by atoms with van der Waals surface area (Å²) in [6, 6.07) is 4.00. The predicted octanol–water partition coefficient (Wildman–Crippen LogP) is 2.00. The van der Waals surface area contributed by atoms with Crippen LogP contribution in [0.5, 0.6) is 0 Å². The Kier molecular flexibility index (Phi) is 3.86. The van der Waals surface area contributed by atoms with Crippen LogP contribution in [0.2, 0.25) is 0 Å². The van der Waals surface area contributed by atoms with E-state index in [1.54, 1.807) is 0 Å². The summed E-state index contributed by atoms with van der Waals surface area (Å²) < 4.78 is 0.483. The van der Waals surface area contributed by atoms with Gasteiger partial charge in [-0.25, -0.2) is 0 Å². The molecule has 0 atom stereocenters. The maximum atomic E-state index is 12.0. The summed E-state index contributed by atoms with van der Waals surface area (Å²) in [7, 11) is 0. The number of aliphatic hydroxyl groups is 1. The van der Waals surface area contributed by atoms with Gasteiger partial charge in [-0.1, -0.05) is 0 Å². The Bertz CT molecular complexity index is 528. The molecule has 1 saturated carbocycles. The van der Waals surface area contributed by atoms with Gasteiger partial charge in [-0.05, 0) is 41.3 Å². The van der Waals surface area contributed by atoms with Gasteiger partial charge in [-0.15, -0.1) is 0 Å². The van der Waals surface area contributed by atoms with Crippen LogP contribution < -0.4 is 5.32 Å². The molecule has 0 heterocycles. The minimum absolute atomic E-state index is 0.143. The molecule has 1 aliphatic carbocycles. The maximum absolute atomic E-state index is 12.0. The molecule has 0 spiro atoms. The normalized spacial score (nSPS) is 16.5. The van der Waals surface area contributed by atoms with Crippen LogP contribution in [-0.4, -0.2) is 28.1 Å². The van der Waals surface area contributed by atoms with Gasteiger partial charge < -0.3 is 10.4 Å². The lowest BCUT2D eigenvalue weighted by Crippen LogP contribution is -2.47. The number of hydrogen-bond acceptors (Lipinski definition) is 4. The van der Waals surface area contributed by atoms with Gasteiger partial charge in [0.05, 0.1) is 16.1 Å². The fourth-order valence-corrected chi connectivity index (χ4v) is 2.33. The first kappa shape index (κ1) is 14.0. The Hall–Kier alpha value is -1.47. The van der Waals surface area contributed by atoms with Crippen LogP contribution >= 0.6 is 15.9 Å². The molecule has 1 fully saturated rings. The molecule has 0 aliphatic heterocycles. The fraction of sp³-hybridized carbons (Fsp3) is 0.417. The summed E-state index contributed by atoms with van der Waals surface area (Å²) in [5.74, 6) is -0.434. The lowest BCUT2D eigenvalue weighted by molar-refractivity contribution is -0.384. The van der Waals surface area contributed by atoms with Crippen molar-refractivity contribution in [3.05, 3.63) is 38.3 Å². The lowest BCUT2D eigenvalue weighted by Gasteiger charge is -2.36. The minimum Gasteiger partial charge on any atom is -0.388 e. The highest BCUT2D eigenvalue weighted by Crippen LogP contribution is 2.31. The topological polar surface area (TPSA) is 92.5 Å². The van der Waals surface area contributed by atoms with Crippen LogP contribution in [0.4, 0.5) is 5.69 Å². The lowest BCUT2D eigenvalue weighted by atomic mass is 9.80. The minimum atomic E-state index is -0.817. The smallest absolute Gasteiger partial charge is 0.270 e. The Labute approximate surface area is 118 Å². The van der Waals surface area contributed by atoms with Gasteiger partial charge in [0.1, 0.15) is 0 Å². The van der Waals surface area contributed by atoms with Crippen LogP contribution in [-0.2, 0) is 0 Å². The number of benzene rings is 1. The van der Waals surface area contributed by atoms with E-state index in [-0.39, 0.29) is 17.8 Å². The highest BCUT2D eigenvalue weighted by atomic mass is 79.9. The van der Waals surface area contributed by atoms with Gasteiger partial charge in [0, 0.05) is 23.2 Å². The standard InChI is InChI=1S/C12H13BrN2O4/c13-10-3-2-8(15(18)19)6-9(10)11(16)14-7-12(17)4-1-5-12/h2-3,6,17H,1,4-5,7H2,(H,14,16). The van der Waals surface area contributed by atoms with Crippen molar-refractivity contribution in [1.29, 1.82) is 0 Å². The number of nitrogens with one attached hydrogen (secondary N) is 1. The molecule has 102 valence electrons. The number of nitro benzene ring substituents is 1. The molecule has 0 saturated heterocycles. The van der Waals surface area contributed by atoms with Crippen LogP contribution in [0.1, 0.15) is 29.6 Å². The number of carbonyl (C=O) groups is 1. The molecule has 0 bridgehead atoms. The van der Waals surface area contributed by atoms with Crippen LogP contribution in [0.3, 0.4) is 0 Å². The van der Waals surface area contributed by atoms with Crippen molar-refractivity contribution < 1.29 is 14.8 Å². The van der Waals surface area contributed by atoms with Crippen molar-refractivity contribution in [2.75, 3.05) is 6.54 Å². The van der Waals surface area contributed by atoms with E-state index in [9.17, 15) is 20.0 Å². The zero-order valence-electron chi connectivity index (χ0n) is 10.1. The van der Waals surface area contributed by atoms with E-state index < -0.39 is 16.4 Å². The number of carbonyl (C=O) groups excluding carboxylic acids is 1. The second-order valence-electron chi connectivity index (χ2n) is 4.68. The monoisotopic (exact) mass is 328 g/mol. The largest absolute Gasteiger partial charge is 0.388 e. The van der Waals surface area contributed by atoms with Gasteiger partial charge in [-0.2, -0.15) is 0 Å². The Balaban J connectivity index is 2.09. The van der Waals surface area contributed by atoms with Gasteiger partial charge >= 0.3 is 0 Å². The van der Waals surface area contributed by atoms with Gasteiger partial charge in [0.15, 0.2) is 0 Å². The molecule has 0 unspecified atom stereocenters. The first-order valence-electron chi connectivity index (χ1n) is 5.86. The predicted molar refractivity (Wildman–Crippen MR) is 71.9 cm³/mol. The third kappa shape index (κ3) is 3.10. The number of halogens is 1. The fourth-order valence-electron chi connectivity index (χ4n) is 1.90. The van der Waals surface area contributed by atoms with E-state index >= 15 is 0 Å². The van der Waals surface area contributed by atoms with Gasteiger partial charge in [-0.3, -0.25) is 14.9 Å². The number of amides is 1. The molecule has 19 heavy (non-hydrogen) atoms. The quantitative estimate of drug-likeness (QED) is 0.653. The Morgan fingerprint density at radius 1 is 1.53 bits per heavy atom. The summed E-state index contributed by atoms with van der Waals surface area (Å²) in [5, 5.41) is 23.2. The zero-order chi connectivity index (χ0) is 14.0. The summed E-state index contributed by atoms with van der Waals surface area (Å²) in [5.41, 5.74) is -0.768. The Morgan fingerprint density at radius 3 is 2.74 bits per heavy atom. The third-order valence-corrected chi connectivity index (χ3v) is 3.96. The first-order chi connectivity index (χ1) is 8.91. The average Bonchev–Trinajstić information content (AvgIpc) is 2.34. The van der Waals surface area contributed by atoms with Crippen molar-refractivity contribution in [3.63, 3.8) is 0 Å². The number of nitrogens with zero attached hydrogens (tertiary/aromatic N) is 1. The second-order valence-corrected chi connectivity index (χ2v) is 5.54. The van der Waals surface area contributed by atoms with E-state index in [1.165, 1.54) is 18.2 Å². The molecule has 2 rings (SSSR count). The first-order valence-corrected chi connectivity index (χ1v) is 6.65. The highest BCUT2D eigenvalue weighted by molar-refractivity contribution is 9.10. The number of hydrogen-bond donors (Lipinski definition) is 2. The van der Waals surface area contributed by atoms with E-state index in [1.807, 2.05) is 0 Å². The molecular formula is C12H13BrN2O4. The molecule has 1 amide bonds. The summed E-state index contributed by atoms with van der Waals surface area (Å²) >= 11 is 3.19. The molecule has 1 aromatic carbocycles. The summed E-state index contributed by atoms with van der Waals surface area (Å²) in [6.45, 7) is 0.168. The molecule has 0 aromatic heterocycles. The van der Waals surface area contributed by atoms with Crippen molar-refractivity contribution in [2.24, 2.45) is 0 Å². The van der Waals surface area contributed by atoms with Crippen molar-refractivity contribution in [3.8, 4) is 0 Å². The van der Waals surface area contributed by atoms with Crippen molar-refractivity contribution in [2.45, 2.75) is 24.9 Å². The molecule has 2 N–H and O–H groups in total. The average molecular weight is 329 g/mol. The number of non-ortho nitro benzene ring substituents is 1. The Morgan fingerprint density at radius 2 is 2.21 bits per heavy atom. The summed E-state index contributed by atoms with van der Waals surface area (Å²) in [6.07, 6.45) is 2.29. The van der Waals surface area contributed by atoms with Crippen LogP contribution in [0.25, 0.3) is 0 Å². The van der Waals surface area contributed by atoms with Crippen molar-refractivity contribution >= 4 is 27.5 Å². The SMILES string of the molecule is O=C(NCC1(O)CCC1)c1cc([N+](=O)[O-])ccc1Br. The van der Waals surface area contributed by atoms with E-state index in [0.717, 1.165) is 6.42 Å². The van der Waals surface area contributed by atoms with E-state index in [0.29, 0.717) is 17.3 Å². The molecule has 0 radical (unpaired) electrons. The zero-order valence-corrected chi connectivity index (χ0v) is 11.6. The molecule has 1 aromatic rings. The summed E-state index contributed by atoms with van der Waals surface area (Å²) in [4.78, 5) is 22.1. The number of rotatable bonds is 4. The highest BCUT2D eigenvalue weighted by Gasteiger charge is 2.34.